The average molecular weight is 1260 g/mol. The van der Waals surface area contributed by atoms with E-state index in [4.69, 9.17) is 16.7 Å². The van der Waals surface area contributed by atoms with Crippen molar-refractivity contribution in [1.82, 2.24) is 0 Å². The van der Waals surface area contributed by atoms with Crippen LogP contribution in [0, 0.1) is 0 Å². The van der Waals surface area contributed by atoms with Gasteiger partial charge in [-0.15, -0.1) is 0 Å². The molecule has 0 bridgehead atoms. The van der Waals surface area contributed by atoms with Crippen LogP contribution in [0.25, 0.3) is 32.3 Å². The van der Waals surface area contributed by atoms with Gasteiger partial charge in [0.05, 0.1) is 6.61 Å². The largest absolute Gasteiger partial charge is 0.421 e. The Morgan fingerprint density at radius 3 is 1.31 bits per heavy atom. The van der Waals surface area contributed by atoms with E-state index in [9.17, 15) is 32.2 Å². The third-order valence-electron chi connectivity index (χ3n) is 16.1. The summed E-state index contributed by atoms with van der Waals surface area (Å²) < 4.78 is 67.1. The molecule has 488 valence electrons. The zero-order chi connectivity index (χ0) is 66.1. The molecule has 0 aliphatic heterocycles. The highest BCUT2D eigenvalue weighted by Gasteiger charge is 2.54. The molecular weight excluding hydrogens is 1150 g/mol. The van der Waals surface area contributed by atoms with E-state index >= 15 is 0 Å². The van der Waals surface area contributed by atoms with Crippen molar-refractivity contribution in [2.45, 2.75) is 215 Å². The maximum Gasteiger partial charge on any atom is 0.421 e. The predicted octanol–water partition coefficient (Wildman–Crippen LogP) is 25.3. The van der Waals surface area contributed by atoms with Crippen LogP contribution in [-0.4, -0.2) is 27.4 Å². The first kappa shape index (κ1) is 77.8. The highest BCUT2D eigenvalue weighted by atomic mass is 35.5. The summed E-state index contributed by atoms with van der Waals surface area (Å²) in [4.78, 5) is 0. The van der Waals surface area contributed by atoms with Gasteiger partial charge in [-0.05, 0) is 138 Å². The van der Waals surface area contributed by atoms with Crippen LogP contribution in [0.4, 0.5) is 22.0 Å². The van der Waals surface area contributed by atoms with Crippen LogP contribution in [-0.2, 0) is 12.2 Å². The summed E-state index contributed by atoms with van der Waals surface area (Å²) in [5, 5.41) is 37.3. The molecule has 9 rings (SSSR count). The van der Waals surface area contributed by atoms with E-state index in [2.05, 4.69) is 177 Å². The van der Waals surface area contributed by atoms with Gasteiger partial charge >= 0.3 is 6.18 Å². The Morgan fingerprint density at radius 2 is 0.822 bits per heavy atom. The zero-order valence-corrected chi connectivity index (χ0v) is 56.0. The first-order valence-electron chi connectivity index (χ1n) is 32.0. The molecule has 0 spiro atoms. The van der Waals surface area contributed by atoms with E-state index in [-0.39, 0.29) is 38.4 Å². The molecule has 0 aliphatic carbocycles. The van der Waals surface area contributed by atoms with Crippen LogP contribution in [0.3, 0.4) is 0 Å². The molecule has 0 saturated carbocycles. The molecule has 3 nitrogen and oxygen atoms in total. The van der Waals surface area contributed by atoms with Gasteiger partial charge in [0.15, 0.2) is 5.60 Å². The van der Waals surface area contributed by atoms with Crippen molar-refractivity contribution in [3.8, 4) is 0 Å². The fourth-order valence-electron chi connectivity index (χ4n) is 10.2. The number of fused-ring (bicyclic) bond motifs is 3. The monoisotopic (exact) mass is 1250 g/mol. The molecule has 9 aromatic rings. The summed E-state index contributed by atoms with van der Waals surface area (Å²) in [5.74, 6) is -0.106. The topological polar surface area (TPSA) is 60.7 Å². The molecule has 0 amide bonds. The molecule has 0 saturated heterocycles. The second-order valence-corrected chi connectivity index (χ2v) is 25.5. The molecule has 90 heavy (non-hydrogen) atoms. The second-order valence-electron chi connectivity index (χ2n) is 25.1. The molecular formula is C81H104ClF5O3. The van der Waals surface area contributed by atoms with E-state index < -0.39 is 23.8 Å². The summed E-state index contributed by atoms with van der Waals surface area (Å²) in [7, 11) is 0. The van der Waals surface area contributed by atoms with Crippen molar-refractivity contribution in [3.05, 3.63) is 249 Å². The minimum absolute atomic E-state index is 0. The number of alkyl halides is 5. The second kappa shape index (κ2) is 37.8. The van der Waals surface area contributed by atoms with Crippen molar-refractivity contribution in [3.63, 3.8) is 0 Å². The fraction of sp³-hybridized carbons (Fsp3) is 0.407. The Balaban J connectivity index is 0.000000284. The Hall–Kier alpha value is -6.42. The molecule has 0 aliphatic rings. The van der Waals surface area contributed by atoms with Crippen molar-refractivity contribution in [2.24, 2.45) is 0 Å². The lowest BCUT2D eigenvalue weighted by atomic mass is 9.86. The van der Waals surface area contributed by atoms with Crippen LogP contribution in [0.1, 0.15) is 241 Å². The molecule has 0 radical (unpaired) electrons. The molecule has 9 heteroatoms. The fourth-order valence-corrected chi connectivity index (χ4v) is 10.4. The first-order chi connectivity index (χ1) is 42.1. The highest BCUT2D eigenvalue weighted by molar-refractivity contribution is 6.35. The van der Waals surface area contributed by atoms with Crippen LogP contribution in [0.5, 0.6) is 0 Å². The number of benzene rings is 9. The molecule has 9 aromatic carbocycles. The van der Waals surface area contributed by atoms with Gasteiger partial charge in [0.2, 0.25) is 0 Å². The minimum atomic E-state index is -4.65. The van der Waals surface area contributed by atoms with Gasteiger partial charge in [0.1, 0.15) is 6.10 Å². The number of hydrogen-bond acceptors (Lipinski definition) is 3. The van der Waals surface area contributed by atoms with E-state index in [0.717, 1.165) is 33.5 Å². The Kier molecular flexibility index (Phi) is 32.7. The third kappa shape index (κ3) is 23.4. The van der Waals surface area contributed by atoms with E-state index in [1.807, 2.05) is 65.8 Å². The maximum atomic E-state index is 13.7. The van der Waals surface area contributed by atoms with Crippen LogP contribution in [0.2, 0.25) is 5.02 Å². The molecule has 2 atom stereocenters. The van der Waals surface area contributed by atoms with Gasteiger partial charge in [-0.2, -0.15) is 13.2 Å². The maximum absolute atomic E-state index is 13.7. The molecule has 2 unspecified atom stereocenters. The smallest absolute Gasteiger partial charge is 0.392 e. The molecule has 0 heterocycles. The lowest BCUT2D eigenvalue weighted by molar-refractivity contribution is -0.269. The minimum Gasteiger partial charge on any atom is -0.392 e. The van der Waals surface area contributed by atoms with Crippen molar-refractivity contribution in [2.75, 3.05) is 0 Å². The summed E-state index contributed by atoms with van der Waals surface area (Å²) in [6.45, 7) is 29.6. The van der Waals surface area contributed by atoms with Gasteiger partial charge in [-0.3, -0.25) is 0 Å². The van der Waals surface area contributed by atoms with E-state index in [1.54, 1.807) is 36.4 Å². The van der Waals surface area contributed by atoms with E-state index in [0.29, 0.717) is 60.8 Å². The van der Waals surface area contributed by atoms with Gasteiger partial charge in [0, 0.05) is 16.8 Å². The van der Waals surface area contributed by atoms with Crippen LogP contribution in [0.15, 0.2) is 194 Å². The molecule has 3 N–H and O–H groups in total. The van der Waals surface area contributed by atoms with Crippen molar-refractivity contribution >= 4 is 43.9 Å². The number of hydrogen-bond donors (Lipinski definition) is 3. The quantitative estimate of drug-likeness (QED) is 0.0629. The highest BCUT2D eigenvalue weighted by Crippen LogP contribution is 2.43. The number of halogens is 6. The van der Waals surface area contributed by atoms with Gasteiger partial charge in [-0.1, -0.05) is 323 Å². The Bertz CT molecular complexity index is 3450. The van der Waals surface area contributed by atoms with Crippen LogP contribution >= 0.6 is 11.6 Å². The van der Waals surface area contributed by atoms with Crippen molar-refractivity contribution in [1.29, 1.82) is 0 Å². The summed E-state index contributed by atoms with van der Waals surface area (Å²) in [6, 6.07) is 63.7. The zero-order valence-electron chi connectivity index (χ0n) is 55.3. The summed E-state index contributed by atoms with van der Waals surface area (Å²) in [5.41, 5.74) is 6.07. The van der Waals surface area contributed by atoms with Gasteiger partial charge in [0.25, 0.3) is 5.92 Å². The number of aliphatic hydroxyl groups excluding tert-OH is 2. The lowest BCUT2D eigenvalue weighted by Gasteiger charge is -2.31. The van der Waals surface area contributed by atoms with Crippen molar-refractivity contribution < 1.29 is 37.3 Å². The van der Waals surface area contributed by atoms with E-state index in [1.165, 1.54) is 61.3 Å². The lowest BCUT2D eigenvalue weighted by Crippen LogP contribution is -2.42. The number of aliphatic hydroxyl groups is 3. The Morgan fingerprint density at radius 1 is 0.400 bits per heavy atom. The molecule has 0 fully saturated rings. The first-order valence-corrected chi connectivity index (χ1v) is 32.4. The number of unbranched alkanes of at least 4 members (excludes halogenated alkanes) is 3. The van der Waals surface area contributed by atoms with Gasteiger partial charge < -0.3 is 15.3 Å². The van der Waals surface area contributed by atoms with Gasteiger partial charge in [-0.25, -0.2) is 8.78 Å². The number of rotatable bonds is 17. The average Bonchev–Trinajstić information content (AvgIpc) is 0.865. The summed E-state index contributed by atoms with van der Waals surface area (Å²) >= 11 is 6.13. The molecule has 0 aromatic heterocycles. The standard InChI is InChI=1S/C16H23F3O.C15H22F2O.C13H13Cl.2C13H14.C10H14O.CH4/c1-4-5-6-11-15(20,16(17,18)19)14-9-7-13(8-10-14)12(2)3;1-4-5-10-15(16,17)14(18)13-8-6-12(7-9-13)11(2)3;1-9(2)10-7-8-13(14)12-6-4-3-5-11(10)12;1-10(2)12-9-5-7-11-6-3-4-8-13(11)12;1-10(2)12-8-7-11-5-3-4-6-13(11)9-12;1-8(2)10-5-3-9(7-11)4-6-10;/h7-10,12,20H,4-6,11H2,1-3H3;6-9,11,14,18H,4-5,10H2,1-3H3;3-9H,1-2H3;2*3-10H,1-2H3;3-6,8,11H,7H2,1-2H3;1H4. The SMILES string of the molecule is C.CC(C)c1ccc(CO)cc1.CC(C)c1ccc(Cl)c2ccccc12.CC(C)c1ccc2ccccc2c1.CC(C)c1cccc2ccccc12.CCCCC(F)(F)C(O)c1ccc(C(C)C)cc1.CCCCCC(O)(c1ccc(C(C)C)cc1)C(F)(F)F. The summed E-state index contributed by atoms with van der Waals surface area (Å²) in [6.07, 6.45) is -3.92. The Labute approximate surface area is 542 Å². The van der Waals surface area contributed by atoms with Crippen LogP contribution < -0.4 is 0 Å². The third-order valence-corrected chi connectivity index (χ3v) is 16.4. The predicted molar refractivity (Wildman–Crippen MR) is 377 cm³/mol. The normalized spacial score (nSPS) is 12.4.